The van der Waals surface area contributed by atoms with Crippen LogP contribution in [0.25, 0.3) is 27.6 Å². The minimum absolute atomic E-state index is 0.123. The van der Waals surface area contributed by atoms with Crippen molar-refractivity contribution in [1.29, 1.82) is 0 Å². The van der Waals surface area contributed by atoms with Crippen LogP contribution in [0.1, 0.15) is 12.6 Å². The molecule has 9 heteroatoms. The Labute approximate surface area is 163 Å². The number of aryl methyl sites for hydroxylation is 1. The third-order valence-electron chi connectivity index (χ3n) is 3.89. The number of fused-ring (bicyclic) bond motifs is 1. The van der Waals surface area contributed by atoms with Crippen LogP contribution in [0, 0.1) is 6.92 Å². The lowest BCUT2D eigenvalue weighted by Crippen LogP contribution is -2.26. The molecule has 1 N–H and O–H groups in total. The molecule has 3 heterocycles. The standard InChI is InChI=1S/C19H16N4O4S/c1-3-26-18(25)17(24)21-16-8-11(2)22-23(16)19-20-13(10-28-19)15-9-12-6-4-5-7-14(12)27-15/h4-10H,3H2,1-2H3,(H,21,24). The molecule has 4 aromatic rings. The van der Waals surface area contributed by atoms with Crippen LogP contribution in [0.3, 0.4) is 0 Å². The van der Waals surface area contributed by atoms with Crippen molar-refractivity contribution < 1.29 is 18.7 Å². The molecular formula is C19H16N4O4S. The Balaban J connectivity index is 1.63. The van der Waals surface area contributed by atoms with E-state index in [4.69, 9.17) is 9.15 Å². The van der Waals surface area contributed by atoms with Crippen LogP contribution >= 0.6 is 11.3 Å². The predicted molar refractivity (Wildman–Crippen MR) is 104 cm³/mol. The van der Waals surface area contributed by atoms with Crippen LogP contribution in [0.4, 0.5) is 5.82 Å². The third kappa shape index (κ3) is 3.39. The zero-order valence-corrected chi connectivity index (χ0v) is 15.9. The van der Waals surface area contributed by atoms with Crippen molar-refractivity contribution in [3.05, 3.63) is 47.5 Å². The number of rotatable bonds is 4. The minimum atomic E-state index is -0.949. The highest BCUT2D eigenvalue weighted by molar-refractivity contribution is 7.12. The molecule has 0 aliphatic rings. The number of furan rings is 1. The second-order valence-electron chi connectivity index (χ2n) is 5.92. The molecule has 0 saturated heterocycles. The number of nitrogens with zero attached hydrogens (tertiary/aromatic N) is 3. The first-order valence-corrected chi connectivity index (χ1v) is 9.42. The van der Waals surface area contributed by atoms with Gasteiger partial charge < -0.3 is 14.5 Å². The molecule has 8 nitrogen and oxygen atoms in total. The Morgan fingerprint density at radius 1 is 1.29 bits per heavy atom. The van der Waals surface area contributed by atoms with Gasteiger partial charge in [0.15, 0.2) is 5.76 Å². The van der Waals surface area contributed by atoms with Gasteiger partial charge in [-0.3, -0.25) is 4.79 Å². The van der Waals surface area contributed by atoms with E-state index < -0.39 is 11.9 Å². The van der Waals surface area contributed by atoms with Gasteiger partial charge in [0.05, 0.1) is 12.3 Å². The van der Waals surface area contributed by atoms with Crippen molar-refractivity contribution in [2.75, 3.05) is 11.9 Å². The molecular weight excluding hydrogens is 380 g/mol. The van der Waals surface area contributed by atoms with Gasteiger partial charge in [0, 0.05) is 16.8 Å². The highest BCUT2D eigenvalue weighted by atomic mass is 32.1. The van der Waals surface area contributed by atoms with Crippen LogP contribution in [-0.4, -0.2) is 33.2 Å². The summed E-state index contributed by atoms with van der Waals surface area (Å²) in [5.41, 5.74) is 2.11. The molecule has 0 unspecified atom stereocenters. The van der Waals surface area contributed by atoms with Gasteiger partial charge in [-0.25, -0.2) is 9.78 Å². The van der Waals surface area contributed by atoms with Crippen molar-refractivity contribution >= 4 is 40.0 Å². The maximum atomic E-state index is 12.0. The van der Waals surface area contributed by atoms with Crippen molar-refractivity contribution in [2.45, 2.75) is 13.8 Å². The largest absolute Gasteiger partial charge is 0.459 e. The molecule has 0 radical (unpaired) electrons. The summed E-state index contributed by atoms with van der Waals surface area (Å²) in [6, 6.07) is 11.3. The fourth-order valence-electron chi connectivity index (χ4n) is 2.68. The molecule has 142 valence electrons. The number of carbonyl (C=O) groups is 2. The summed E-state index contributed by atoms with van der Waals surface area (Å²) < 4.78 is 12.0. The zero-order chi connectivity index (χ0) is 19.7. The van der Waals surface area contributed by atoms with Crippen molar-refractivity contribution in [1.82, 2.24) is 14.8 Å². The third-order valence-corrected chi connectivity index (χ3v) is 4.70. The van der Waals surface area contributed by atoms with Crippen molar-refractivity contribution in [3.8, 4) is 16.6 Å². The number of benzene rings is 1. The highest BCUT2D eigenvalue weighted by Crippen LogP contribution is 2.30. The van der Waals surface area contributed by atoms with E-state index in [-0.39, 0.29) is 6.61 Å². The van der Waals surface area contributed by atoms with Crippen molar-refractivity contribution in [2.24, 2.45) is 0 Å². The monoisotopic (exact) mass is 396 g/mol. The quantitative estimate of drug-likeness (QED) is 0.418. The minimum Gasteiger partial charge on any atom is -0.459 e. The van der Waals surface area contributed by atoms with Crippen LogP contribution in [0.5, 0.6) is 0 Å². The molecule has 3 aromatic heterocycles. The lowest BCUT2D eigenvalue weighted by molar-refractivity contribution is -0.152. The van der Waals surface area contributed by atoms with E-state index in [2.05, 4.69) is 15.4 Å². The molecule has 4 rings (SSSR count). The number of amides is 1. The first-order chi connectivity index (χ1) is 13.5. The van der Waals surface area contributed by atoms with E-state index in [1.807, 2.05) is 35.7 Å². The molecule has 1 aromatic carbocycles. The number of esters is 1. The Bertz CT molecular complexity index is 1140. The Morgan fingerprint density at radius 3 is 2.89 bits per heavy atom. The Kier molecular flexibility index (Phi) is 4.66. The average Bonchev–Trinajstić information content (AvgIpc) is 3.39. The molecule has 0 aliphatic heterocycles. The predicted octanol–water partition coefficient (Wildman–Crippen LogP) is 3.55. The molecule has 0 atom stereocenters. The van der Waals surface area contributed by atoms with Crippen LogP contribution in [0.2, 0.25) is 0 Å². The second-order valence-corrected chi connectivity index (χ2v) is 6.76. The molecule has 1 amide bonds. The zero-order valence-electron chi connectivity index (χ0n) is 15.1. The molecule has 0 saturated carbocycles. The summed E-state index contributed by atoms with van der Waals surface area (Å²) in [5, 5.41) is 10.2. The van der Waals surface area contributed by atoms with Gasteiger partial charge in [0.1, 0.15) is 17.1 Å². The molecule has 0 bridgehead atoms. The normalized spacial score (nSPS) is 10.9. The van der Waals surface area contributed by atoms with Crippen LogP contribution in [0.15, 0.2) is 46.2 Å². The van der Waals surface area contributed by atoms with E-state index in [0.29, 0.717) is 28.1 Å². The Hall–Kier alpha value is -3.46. The Morgan fingerprint density at radius 2 is 2.11 bits per heavy atom. The first-order valence-electron chi connectivity index (χ1n) is 8.54. The van der Waals surface area contributed by atoms with Crippen LogP contribution < -0.4 is 5.32 Å². The summed E-state index contributed by atoms with van der Waals surface area (Å²) in [4.78, 5) is 28.1. The second kappa shape index (κ2) is 7.28. The number of hydrogen-bond donors (Lipinski definition) is 1. The summed E-state index contributed by atoms with van der Waals surface area (Å²) >= 11 is 1.34. The summed E-state index contributed by atoms with van der Waals surface area (Å²) in [7, 11) is 0. The highest BCUT2D eigenvalue weighted by Gasteiger charge is 2.20. The lowest BCUT2D eigenvalue weighted by atomic mass is 10.2. The van der Waals surface area contributed by atoms with E-state index >= 15 is 0 Å². The van der Waals surface area contributed by atoms with Crippen LogP contribution in [-0.2, 0) is 14.3 Å². The fourth-order valence-corrected chi connectivity index (χ4v) is 3.46. The topological polar surface area (TPSA) is 99.2 Å². The van der Waals surface area contributed by atoms with Gasteiger partial charge in [-0.2, -0.15) is 9.78 Å². The number of ether oxygens (including phenoxy) is 1. The number of hydrogen-bond acceptors (Lipinski definition) is 7. The van der Waals surface area contributed by atoms with Gasteiger partial charge in [-0.15, -0.1) is 11.3 Å². The first kappa shape index (κ1) is 17.9. The lowest BCUT2D eigenvalue weighted by Gasteiger charge is -2.05. The molecule has 0 aliphatic carbocycles. The maximum Gasteiger partial charge on any atom is 0.397 e. The van der Waals surface area contributed by atoms with E-state index in [0.717, 1.165) is 11.0 Å². The molecule has 0 spiro atoms. The molecule has 0 fully saturated rings. The smallest absolute Gasteiger partial charge is 0.397 e. The summed E-state index contributed by atoms with van der Waals surface area (Å²) in [5.74, 6) is -0.835. The fraction of sp³-hybridized carbons (Fsp3) is 0.158. The van der Waals surface area contributed by atoms with Crippen molar-refractivity contribution in [3.63, 3.8) is 0 Å². The van der Waals surface area contributed by atoms with Gasteiger partial charge in [-0.05, 0) is 26.0 Å². The number of thiazole rings is 1. The number of anilines is 1. The van der Waals surface area contributed by atoms with E-state index in [9.17, 15) is 9.59 Å². The average molecular weight is 396 g/mol. The number of aromatic nitrogens is 3. The number of carbonyl (C=O) groups excluding carboxylic acids is 2. The van der Waals surface area contributed by atoms with E-state index in [1.165, 1.54) is 16.0 Å². The van der Waals surface area contributed by atoms with Gasteiger partial charge in [0.25, 0.3) is 0 Å². The molecule has 28 heavy (non-hydrogen) atoms. The van der Waals surface area contributed by atoms with Gasteiger partial charge >= 0.3 is 11.9 Å². The van der Waals surface area contributed by atoms with Gasteiger partial charge in [0.2, 0.25) is 5.13 Å². The number of nitrogens with one attached hydrogen (secondary N) is 1. The summed E-state index contributed by atoms with van der Waals surface area (Å²) in [6.45, 7) is 3.54. The van der Waals surface area contributed by atoms with E-state index in [1.54, 1.807) is 19.9 Å². The number of para-hydroxylation sites is 1. The maximum absolute atomic E-state index is 12.0. The SMILES string of the molecule is CCOC(=O)C(=O)Nc1cc(C)nn1-c1nc(-c2cc3ccccc3o2)cs1. The summed E-state index contributed by atoms with van der Waals surface area (Å²) in [6.07, 6.45) is 0. The van der Waals surface area contributed by atoms with Gasteiger partial charge in [-0.1, -0.05) is 18.2 Å².